The fourth-order valence-electron chi connectivity index (χ4n) is 13.8. The first kappa shape index (κ1) is 37.4. The van der Waals surface area contributed by atoms with E-state index in [-0.39, 0.29) is 17.5 Å². The van der Waals surface area contributed by atoms with Gasteiger partial charge < -0.3 is 4.57 Å². The van der Waals surface area contributed by atoms with Gasteiger partial charge in [0.15, 0.2) is 0 Å². The van der Waals surface area contributed by atoms with Crippen LogP contribution in [0.1, 0.15) is 83.0 Å². The summed E-state index contributed by atoms with van der Waals surface area (Å²) < 4.78 is 2.41. The van der Waals surface area contributed by atoms with Gasteiger partial charge in [-0.1, -0.05) is 165 Å². The summed E-state index contributed by atoms with van der Waals surface area (Å²) in [4.78, 5) is 0. The van der Waals surface area contributed by atoms with Gasteiger partial charge in [-0.3, -0.25) is 0 Å². The number of benzene rings is 7. The largest absolute Gasteiger partial charge is 0.309 e. The molecule has 0 aliphatic heterocycles. The van der Waals surface area contributed by atoms with E-state index in [0.29, 0.717) is 0 Å². The van der Waals surface area contributed by atoms with Gasteiger partial charge in [-0.05, 0) is 155 Å². The van der Waals surface area contributed by atoms with Gasteiger partial charge in [0.05, 0.1) is 11.0 Å². The Morgan fingerprint density at radius 1 is 0.467 bits per heavy atom. The molecule has 12 rings (SSSR count). The fourth-order valence-corrected chi connectivity index (χ4v) is 13.8. The summed E-state index contributed by atoms with van der Waals surface area (Å²) in [5.74, 6) is 1.61. The Morgan fingerprint density at radius 2 is 0.950 bits per heavy atom. The molecule has 296 valence electrons. The highest BCUT2D eigenvalue weighted by Crippen LogP contribution is 2.66. The van der Waals surface area contributed by atoms with Gasteiger partial charge >= 0.3 is 0 Å². The molecule has 7 aromatic carbocycles. The van der Waals surface area contributed by atoms with Crippen molar-refractivity contribution in [1.82, 2.24) is 4.57 Å². The van der Waals surface area contributed by atoms with E-state index in [1.807, 2.05) is 0 Å². The maximum absolute atomic E-state index is 2.56. The molecular weight excluding hydrogens is 721 g/mol. The molecule has 0 amide bonds. The Labute approximate surface area is 357 Å². The highest BCUT2D eigenvalue weighted by atomic mass is 15.0. The van der Waals surface area contributed by atoms with E-state index in [0.717, 1.165) is 11.8 Å². The molecule has 0 N–H and O–H groups in total. The zero-order chi connectivity index (χ0) is 40.9. The molecule has 2 atom stereocenters. The minimum atomic E-state index is 0.213. The van der Waals surface area contributed by atoms with Crippen LogP contribution in [0.15, 0.2) is 146 Å². The Morgan fingerprint density at radius 3 is 1.52 bits per heavy atom. The lowest BCUT2D eigenvalue weighted by molar-refractivity contribution is -0.0281. The number of hydrogen-bond donors (Lipinski definition) is 0. The van der Waals surface area contributed by atoms with Crippen molar-refractivity contribution in [1.29, 1.82) is 0 Å². The van der Waals surface area contributed by atoms with Crippen LogP contribution >= 0.6 is 0 Å². The number of para-hydroxylation sites is 2. The van der Waals surface area contributed by atoms with E-state index in [4.69, 9.17) is 0 Å². The monoisotopic (exact) mass is 777 g/mol. The molecule has 2 unspecified atom stereocenters. The SMILES string of the molecule is Cc1cc(C)c(B(c2ccc(C34CC5CC(C3)CC(c3ccc(-c6ccc7c(c6)c6ccccc6n7-c6ccccc6)cc3)(C5)C4)cc2)c2c(C)cc(C)cc2C)c(C)c1. The van der Waals surface area contributed by atoms with Gasteiger partial charge in [-0.15, -0.1) is 0 Å². The van der Waals surface area contributed by atoms with Crippen molar-refractivity contribution in [3.8, 4) is 16.8 Å². The van der Waals surface area contributed by atoms with Crippen LogP contribution in [0, 0.1) is 53.4 Å². The van der Waals surface area contributed by atoms with Gasteiger partial charge in [0, 0.05) is 16.5 Å². The van der Waals surface area contributed by atoms with Gasteiger partial charge in [0.1, 0.15) is 0 Å². The van der Waals surface area contributed by atoms with Gasteiger partial charge in [-0.25, -0.2) is 0 Å². The summed E-state index contributed by atoms with van der Waals surface area (Å²) in [5, 5.41) is 2.61. The number of rotatable bonds is 7. The number of fused-ring (bicyclic) bond motifs is 3. The third kappa shape index (κ3) is 5.96. The molecule has 4 saturated carbocycles. The Bertz CT molecular complexity index is 2830. The van der Waals surface area contributed by atoms with Crippen LogP contribution in [0.25, 0.3) is 38.6 Å². The van der Waals surface area contributed by atoms with Crippen molar-refractivity contribution in [2.75, 3.05) is 0 Å². The number of hydrogen-bond acceptors (Lipinski definition) is 0. The predicted molar refractivity (Wildman–Crippen MR) is 257 cm³/mol. The third-order valence-electron chi connectivity index (χ3n) is 15.5. The van der Waals surface area contributed by atoms with Crippen molar-refractivity contribution in [2.45, 2.75) is 90.9 Å². The summed E-state index contributed by atoms with van der Waals surface area (Å²) in [6.07, 6.45) is 8.05. The van der Waals surface area contributed by atoms with E-state index in [1.54, 1.807) is 11.1 Å². The molecule has 0 saturated heterocycles. The van der Waals surface area contributed by atoms with Crippen molar-refractivity contribution in [2.24, 2.45) is 11.8 Å². The lowest BCUT2D eigenvalue weighted by Crippen LogP contribution is -2.57. The van der Waals surface area contributed by atoms with Gasteiger partial charge in [0.2, 0.25) is 6.71 Å². The molecule has 4 bridgehead atoms. The second-order valence-corrected chi connectivity index (χ2v) is 19.7. The van der Waals surface area contributed by atoms with E-state index in [9.17, 15) is 0 Å². The molecule has 0 spiro atoms. The minimum absolute atomic E-state index is 0.213. The van der Waals surface area contributed by atoms with Crippen molar-refractivity contribution in [3.05, 3.63) is 190 Å². The average Bonchev–Trinajstić information content (AvgIpc) is 3.56. The van der Waals surface area contributed by atoms with Gasteiger partial charge in [-0.2, -0.15) is 0 Å². The Hall–Kier alpha value is -5.60. The molecule has 1 heterocycles. The molecule has 2 heteroatoms. The normalized spacial score (nSPS) is 21.9. The summed E-state index contributed by atoms with van der Waals surface area (Å²) in [7, 11) is 0. The molecule has 4 aliphatic carbocycles. The molecule has 1 aromatic heterocycles. The topological polar surface area (TPSA) is 4.93 Å². The van der Waals surface area contributed by atoms with Crippen LogP contribution < -0.4 is 16.4 Å². The number of aryl methyl sites for hydroxylation is 6. The molecule has 0 radical (unpaired) electrons. The zero-order valence-corrected chi connectivity index (χ0v) is 36.3. The smallest absolute Gasteiger partial charge is 0.242 e. The molecular formula is C58H56BN. The van der Waals surface area contributed by atoms with Crippen molar-refractivity contribution in [3.63, 3.8) is 0 Å². The van der Waals surface area contributed by atoms with Crippen LogP contribution in [0.3, 0.4) is 0 Å². The van der Waals surface area contributed by atoms with Crippen LogP contribution in [0.5, 0.6) is 0 Å². The first-order valence-corrected chi connectivity index (χ1v) is 22.5. The van der Waals surface area contributed by atoms with Crippen LogP contribution in [0.4, 0.5) is 0 Å². The third-order valence-corrected chi connectivity index (χ3v) is 15.5. The quantitative estimate of drug-likeness (QED) is 0.142. The van der Waals surface area contributed by atoms with Gasteiger partial charge in [0.25, 0.3) is 0 Å². The molecule has 60 heavy (non-hydrogen) atoms. The van der Waals surface area contributed by atoms with E-state index in [2.05, 4.69) is 192 Å². The standard InChI is InChI=1S/C58H56BN/c1-37-26-39(3)55(40(4)27-37)59(56-41(5)28-38(2)29-42(56)6)49-23-21-48(22-24-49)58-34-43-30-44(35-58)33-57(32-43,36-58)47-19-16-45(17-20-47)46-18-25-54-52(31-46)51-14-10-11-15-53(51)60(54)50-12-8-7-9-13-50/h7-29,31,43-44H,30,32-36H2,1-6H3. The lowest BCUT2D eigenvalue weighted by Gasteiger charge is -2.63. The molecule has 1 nitrogen and oxygen atoms in total. The lowest BCUT2D eigenvalue weighted by atomic mass is 9.34. The highest BCUT2D eigenvalue weighted by Gasteiger charge is 2.58. The maximum atomic E-state index is 2.56. The first-order valence-electron chi connectivity index (χ1n) is 22.5. The zero-order valence-electron chi connectivity index (χ0n) is 36.3. The number of aromatic nitrogens is 1. The van der Waals surface area contributed by atoms with Crippen LogP contribution in [-0.2, 0) is 10.8 Å². The maximum Gasteiger partial charge on any atom is 0.242 e. The Kier molecular flexibility index (Phi) is 8.72. The molecule has 4 aliphatic rings. The average molecular weight is 778 g/mol. The molecule has 8 aromatic rings. The second kappa shape index (κ2) is 14.0. The van der Waals surface area contributed by atoms with Crippen molar-refractivity contribution >= 4 is 44.9 Å². The second-order valence-electron chi connectivity index (χ2n) is 19.7. The predicted octanol–water partition coefficient (Wildman–Crippen LogP) is 12.6. The minimum Gasteiger partial charge on any atom is -0.309 e. The van der Waals surface area contributed by atoms with Crippen LogP contribution in [-0.4, -0.2) is 11.3 Å². The van der Waals surface area contributed by atoms with E-state index in [1.165, 1.54) is 127 Å². The van der Waals surface area contributed by atoms with E-state index < -0.39 is 0 Å². The van der Waals surface area contributed by atoms with Crippen molar-refractivity contribution < 1.29 is 0 Å². The first-order chi connectivity index (χ1) is 29.1. The summed E-state index contributed by atoms with van der Waals surface area (Å²) in [5.41, 5.74) is 22.6. The summed E-state index contributed by atoms with van der Waals surface area (Å²) in [6, 6.07) is 56.3. The summed E-state index contributed by atoms with van der Waals surface area (Å²) in [6.45, 7) is 14.0. The highest BCUT2D eigenvalue weighted by molar-refractivity contribution is 6.96. The summed E-state index contributed by atoms with van der Waals surface area (Å²) >= 11 is 0. The van der Waals surface area contributed by atoms with Crippen LogP contribution in [0.2, 0.25) is 0 Å². The fraction of sp³-hybridized carbons (Fsp3) is 0.276. The Balaban J connectivity index is 0.929. The molecule has 4 fully saturated rings. The van der Waals surface area contributed by atoms with E-state index >= 15 is 0 Å². The number of nitrogens with zero attached hydrogens (tertiary/aromatic N) is 1.